The summed E-state index contributed by atoms with van der Waals surface area (Å²) < 4.78 is 32.0. The van der Waals surface area contributed by atoms with Crippen LogP contribution in [0.25, 0.3) is 11.4 Å². The van der Waals surface area contributed by atoms with Crippen molar-refractivity contribution in [3.05, 3.63) is 71.1 Å². The Hall–Kier alpha value is -3.60. The summed E-state index contributed by atoms with van der Waals surface area (Å²) in [5.41, 5.74) is 0.742. The van der Waals surface area contributed by atoms with E-state index in [0.717, 1.165) is 18.9 Å². The maximum atomic E-state index is 13.5. The number of rotatable bonds is 3. The van der Waals surface area contributed by atoms with Crippen molar-refractivity contribution in [1.82, 2.24) is 15.0 Å². The highest BCUT2D eigenvalue weighted by molar-refractivity contribution is 5.94. The number of likely N-dealkylation sites (tertiary alicyclic amines) is 1. The number of carbonyl (C=O) groups excluding carboxylic acids is 1. The molecule has 29 heavy (non-hydrogen) atoms. The molecule has 2 aromatic carbocycles. The molecule has 0 radical (unpaired) electrons. The van der Waals surface area contributed by atoms with Crippen LogP contribution in [-0.4, -0.2) is 34.0 Å². The van der Waals surface area contributed by atoms with E-state index in [1.165, 1.54) is 24.3 Å². The van der Waals surface area contributed by atoms with Crippen LogP contribution >= 0.6 is 0 Å². The van der Waals surface area contributed by atoms with Crippen LogP contribution in [0.3, 0.4) is 0 Å². The van der Waals surface area contributed by atoms with Gasteiger partial charge in [0.05, 0.1) is 11.5 Å². The molecule has 146 valence electrons. The molecule has 1 aliphatic rings. The normalized spacial score (nSPS) is 16.4. The number of nitriles is 1. The van der Waals surface area contributed by atoms with Crippen LogP contribution in [-0.2, 0) is 0 Å². The Morgan fingerprint density at radius 2 is 2.00 bits per heavy atom. The summed E-state index contributed by atoms with van der Waals surface area (Å²) in [6.07, 6.45) is 1.53. The first-order valence-electron chi connectivity index (χ1n) is 9.13. The van der Waals surface area contributed by atoms with Crippen molar-refractivity contribution in [2.45, 2.75) is 18.8 Å². The highest BCUT2D eigenvalue weighted by atomic mass is 19.1. The van der Waals surface area contributed by atoms with Gasteiger partial charge < -0.3 is 9.42 Å². The number of amides is 1. The van der Waals surface area contributed by atoms with Crippen molar-refractivity contribution >= 4 is 5.91 Å². The second-order valence-electron chi connectivity index (χ2n) is 6.86. The maximum absolute atomic E-state index is 13.5. The summed E-state index contributed by atoms with van der Waals surface area (Å²) in [5.74, 6) is -0.631. The Balaban J connectivity index is 1.51. The molecule has 0 bridgehead atoms. The molecular formula is C21H16F2N4O2. The Morgan fingerprint density at radius 1 is 1.21 bits per heavy atom. The Morgan fingerprint density at radius 3 is 2.76 bits per heavy atom. The van der Waals surface area contributed by atoms with Gasteiger partial charge in [-0.25, -0.2) is 8.78 Å². The fourth-order valence-corrected chi connectivity index (χ4v) is 3.41. The quantitative estimate of drug-likeness (QED) is 0.673. The van der Waals surface area contributed by atoms with E-state index in [2.05, 4.69) is 10.1 Å². The lowest BCUT2D eigenvalue weighted by Gasteiger charge is -2.31. The van der Waals surface area contributed by atoms with Crippen LogP contribution in [0.4, 0.5) is 8.78 Å². The summed E-state index contributed by atoms with van der Waals surface area (Å²) in [6, 6.07) is 11.3. The second kappa shape index (κ2) is 7.80. The smallest absolute Gasteiger partial charge is 0.253 e. The number of hydrogen-bond donors (Lipinski definition) is 0. The van der Waals surface area contributed by atoms with Crippen LogP contribution < -0.4 is 0 Å². The molecule has 0 saturated carbocycles. The van der Waals surface area contributed by atoms with Gasteiger partial charge in [0.2, 0.25) is 11.7 Å². The molecule has 0 aliphatic carbocycles. The molecule has 1 aliphatic heterocycles. The average molecular weight is 394 g/mol. The van der Waals surface area contributed by atoms with Gasteiger partial charge in [0.15, 0.2) is 0 Å². The molecule has 4 rings (SSSR count). The van der Waals surface area contributed by atoms with Crippen molar-refractivity contribution in [1.29, 1.82) is 5.26 Å². The molecule has 3 aromatic rings. The molecular weight excluding hydrogens is 378 g/mol. The first kappa shape index (κ1) is 18.7. The summed E-state index contributed by atoms with van der Waals surface area (Å²) >= 11 is 0. The van der Waals surface area contributed by atoms with Gasteiger partial charge in [-0.1, -0.05) is 5.16 Å². The summed E-state index contributed by atoms with van der Waals surface area (Å²) in [7, 11) is 0. The molecule has 1 aromatic heterocycles. The van der Waals surface area contributed by atoms with Crippen LogP contribution in [0.2, 0.25) is 0 Å². The standard InChI is InChI=1S/C21H16F2N4O2/c22-17-6-3-13(4-7-17)19-25-20(29-26-19)15-2-1-9-27(12-15)21(28)14-5-8-18(23)16(10-14)11-24/h3-8,10,15H,1-2,9,12H2. The van der Waals surface area contributed by atoms with Crippen LogP contribution in [0.15, 0.2) is 47.0 Å². The fourth-order valence-electron chi connectivity index (χ4n) is 3.41. The van der Waals surface area contributed by atoms with E-state index >= 15 is 0 Å². The van der Waals surface area contributed by atoms with Crippen molar-refractivity contribution in [3.8, 4) is 17.5 Å². The zero-order valence-electron chi connectivity index (χ0n) is 15.3. The fraction of sp³-hybridized carbons (Fsp3) is 0.238. The Kier molecular flexibility index (Phi) is 5.04. The lowest BCUT2D eigenvalue weighted by molar-refractivity contribution is 0.0695. The molecule has 8 heteroatoms. The summed E-state index contributed by atoms with van der Waals surface area (Å²) in [5, 5.41) is 12.9. The molecule has 1 fully saturated rings. The van der Waals surface area contributed by atoms with E-state index in [9.17, 15) is 13.6 Å². The molecule has 1 atom stereocenters. The van der Waals surface area contributed by atoms with Crippen molar-refractivity contribution in [2.24, 2.45) is 0 Å². The van der Waals surface area contributed by atoms with E-state index < -0.39 is 5.82 Å². The third-order valence-electron chi connectivity index (χ3n) is 4.94. The third-order valence-corrected chi connectivity index (χ3v) is 4.94. The Labute approximate surface area is 165 Å². The number of carbonyl (C=O) groups is 1. The van der Waals surface area contributed by atoms with Gasteiger partial charge in [0.25, 0.3) is 5.91 Å². The average Bonchev–Trinajstić information content (AvgIpc) is 3.24. The Bertz CT molecular complexity index is 1090. The van der Waals surface area contributed by atoms with E-state index in [0.29, 0.717) is 30.4 Å². The minimum atomic E-state index is -0.653. The molecule has 0 N–H and O–H groups in total. The topological polar surface area (TPSA) is 83.0 Å². The van der Waals surface area contributed by atoms with E-state index in [1.807, 2.05) is 0 Å². The monoisotopic (exact) mass is 394 g/mol. The van der Waals surface area contributed by atoms with Gasteiger partial charge in [0.1, 0.15) is 17.7 Å². The van der Waals surface area contributed by atoms with Gasteiger partial charge in [-0.15, -0.1) is 0 Å². The second-order valence-corrected chi connectivity index (χ2v) is 6.86. The number of halogens is 2. The van der Waals surface area contributed by atoms with Crippen molar-refractivity contribution < 1.29 is 18.1 Å². The van der Waals surface area contributed by atoms with Crippen molar-refractivity contribution in [2.75, 3.05) is 13.1 Å². The number of piperidine rings is 1. The first-order chi connectivity index (χ1) is 14.0. The third kappa shape index (κ3) is 3.85. The maximum Gasteiger partial charge on any atom is 0.253 e. The number of hydrogen-bond acceptors (Lipinski definition) is 5. The number of aromatic nitrogens is 2. The predicted octanol–water partition coefficient (Wildman–Crippen LogP) is 3.91. The zero-order valence-corrected chi connectivity index (χ0v) is 15.3. The predicted molar refractivity (Wildman–Crippen MR) is 98.7 cm³/mol. The first-order valence-corrected chi connectivity index (χ1v) is 9.13. The molecule has 1 amide bonds. The molecule has 1 saturated heterocycles. The molecule has 6 nitrogen and oxygen atoms in total. The number of benzene rings is 2. The van der Waals surface area contributed by atoms with E-state index in [4.69, 9.17) is 9.78 Å². The minimum Gasteiger partial charge on any atom is -0.339 e. The largest absolute Gasteiger partial charge is 0.339 e. The minimum absolute atomic E-state index is 0.134. The van der Waals surface area contributed by atoms with Gasteiger partial charge in [-0.2, -0.15) is 10.2 Å². The van der Waals surface area contributed by atoms with Gasteiger partial charge in [-0.05, 0) is 55.3 Å². The zero-order chi connectivity index (χ0) is 20.4. The van der Waals surface area contributed by atoms with E-state index in [-0.39, 0.29) is 28.8 Å². The summed E-state index contributed by atoms with van der Waals surface area (Å²) in [4.78, 5) is 18.9. The highest BCUT2D eigenvalue weighted by Gasteiger charge is 2.29. The van der Waals surface area contributed by atoms with Gasteiger partial charge >= 0.3 is 0 Å². The van der Waals surface area contributed by atoms with Crippen molar-refractivity contribution in [3.63, 3.8) is 0 Å². The highest BCUT2D eigenvalue weighted by Crippen LogP contribution is 2.28. The molecule has 1 unspecified atom stereocenters. The SMILES string of the molecule is N#Cc1cc(C(=O)N2CCCC(c3nc(-c4ccc(F)cc4)no3)C2)ccc1F. The van der Waals surface area contributed by atoms with Crippen LogP contribution in [0.5, 0.6) is 0 Å². The number of nitrogens with zero attached hydrogens (tertiary/aromatic N) is 4. The van der Waals surface area contributed by atoms with Gasteiger partial charge in [-0.3, -0.25) is 4.79 Å². The summed E-state index contributed by atoms with van der Waals surface area (Å²) in [6.45, 7) is 0.927. The lowest BCUT2D eigenvalue weighted by atomic mass is 9.97. The van der Waals surface area contributed by atoms with E-state index in [1.54, 1.807) is 23.1 Å². The molecule has 2 heterocycles. The lowest BCUT2D eigenvalue weighted by Crippen LogP contribution is -2.39. The van der Waals surface area contributed by atoms with Gasteiger partial charge in [0, 0.05) is 24.2 Å². The van der Waals surface area contributed by atoms with Crippen LogP contribution in [0, 0.1) is 23.0 Å². The molecule has 0 spiro atoms. The van der Waals surface area contributed by atoms with Crippen LogP contribution in [0.1, 0.15) is 40.6 Å².